The van der Waals surface area contributed by atoms with Gasteiger partial charge >= 0.3 is 0 Å². The molecule has 30 heavy (non-hydrogen) atoms. The molecule has 158 valence electrons. The number of amides is 2. The number of aromatic nitrogens is 2. The summed E-state index contributed by atoms with van der Waals surface area (Å²) in [5.74, 6) is 5.70. The highest BCUT2D eigenvalue weighted by molar-refractivity contribution is 6.06. The van der Waals surface area contributed by atoms with E-state index >= 15 is 0 Å². The average Bonchev–Trinajstić information content (AvgIpc) is 3.17. The first-order valence-electron chi connectivity index (χ1n) is 11.8. The van der Waals surface area contributed by atoms with E-state index in [9.17, 15) is 9.59 Å². The Kier molecular flexibility index (Phi) is 3.67. The number of carbonyl (C=O) groups excluding carboxylic acids is 2. The molecule has 1 aromatic heterocycles. The van der Waals surface area contributed by atoms with E-state index in [1.807, 2.05) is 6.07 Å². The molecular formula is C23H29N5O2. The van der Waals surface area contributed by atoms with Crippen molar-refractivity contribution in [3.63, 3.8) is 0 Å². The smallest absolute Gasteiger partial charge is 0.233 e. The van der Waals surface area contributed by atoms with E-state index in [0.29, 0.717) is 18.4 Å². The van der Waals surface area contributed by atoms with Crippen LogP contribution in [-0.2, 0) is 9.59 Å². The van der Waals surface area contributed by atoms with Gasteiger partial charge in [0.05, 0.1) is 11.8 Å². The molecule has 2 amide bonds. The summed E-state index contributed by atoms with van der Waals surface area (Å²) in [5, 5.41) is 0. The molecule has 6 atom stereocenters. The molecule has 5 aliphatic carbocycles. The zero-order valence-corrected chi connectivity index (χ0v) is 17.3. The number of piperazine rings is 1. The summed E-state index contributed by atoms with van der Waals surface area (Å²) in [6.45, 7) is 5.59. The molecule has 5 saturated carbocycles. The van der Waals surface area contributed by atoms with Crippen molar-refractivity contribution in [1.29, 1.82) is 0 Å². The predicted octanol–water partition coefficient (Wildman–Crippen LogP) is 1.12. The van der Waals surface area contributed by atoms with Crippen LogP contribution in [0.3, 0.4) is 0 Å². The zero-order valence-electron chi connectivity index (χ0n) is 17.3. The highest BCUT2D eigenvalue weighted by Crippen LogP contribution is 2.84. The quantitative estimate of drug-likeness (QED) is 0.520. The molecule has 2 aliphatic heterocycles. The predicted molar refractivity (Wildman–Crippen MR) is 109 cm³/mol. The zero-order chi connectivity index (χ0) is 20.0. The van der Waals surface area contributed by atoms with Crippen LogP contribution in [-0.4, -0.2) is 70.9 Å². The minimum absolute atomic E-state index is 0.0644. The molecule has 6 bridgehead atoms. The number of hydrogen-bond donors (Lipinski definition) is 0. The van der Waals surface area contributed by atoms with Gasteiger partial charge < -0.3 is 4.90 Å². The summed E-state index contributed by atoms with van der Waals surface area (Å²) >= 11 is 0. The fourth-order valence-corrected chi connectivity index (χ4v) is 8.33. The lowest BCUT2D eigenvalue weighted by atomic mass is 9.81. The van der Waals surface area contributed by atoms with Crippen LogP contribution in [0.1, 0.15) is 19.3 Å². The molecule has 7 aliphatic rings. The largest absolute Gasteiger partial charge is 0.338 e. The van der Waals surface area contributed by atoms with Crippen LogP contribution < -0.4 is 4.90 Å². The van der Waals surface area contributed by atoms with Crippen molar-refractivity contribution in [2.24, 2.45) is 47.3 Å². The summed E-state index contributed by atoms with van der Waals surface area (Å²) in [6, 6.07) is 1.85. The van der Waals surface area contributed by atoms with E-state index in [1.54, 1.807) is 17.3 Å². The molecule has 7 heteroatoms. The first-order chi connectivity index (χ1) is 14.7. The summed E-state index contributed by atoms with van der Waals surface area (Å²) < 4.78 is 0. The van der Waals surface area contributed by atoms with Gasteiger partial charge in [-0.15, -0.1) is 0 Å². The van der Waals surface area contributed by atoms with Crippen LogP contribution in [0.4, 0.5) is 5.95 Å². The monoisotopic (exact) mass is 407 g/mol. The minimum atomic E-state index is 0.0644. The van der Waals surface area contributed by atoms with E-state index in [2.05, 4.69) is 19.8 Å². The standard InChI is InChI=1S/C23H29N5O2/c29-21-19-17-14-12-13-15(17)16(13)18(14)20(19)22(30)28(21)7-2-1-6-26-8-10-27(11-9-26)23-24-4-3-5-25-23/h3-5,13-20H,1-2,6-12H2. The van der Waals surface area contributed by atoms with E-state index in [1.165, 1.54) is 6.42 Å². The summed E-state index contributed by atoms with van der Waals surface area (Å²) in [6.07, 6.45) is 6.87. The van der Waals surface area contributed by atoms with Crippen molar-refractivity contribution in [3.8, 4) is 0 Å². The van der Waals surface area contributed by atoms with Crippen LogP contribution in [0.15, 0.2) is 18.5 Å². The molecule has 0 spiro atoms. The Bertz CT molecular complexity index is 849. The average molecular weight is 408 g/mol. The first kappa shape index (κ1) is 17.6. The van der Waals surface area contributed by atoms with E-state index < -0.39 is 0 Å². The second-order valence-corrected chi connectivity index (χ2v) is 10.3. The van der Waals surface area contributed by atoms with Crippen molar-refractivity contribution < 1.29 is 9.59 Å². The number of imide groups is 1. The molecule has 1 aromatic rings. The topological polar surface area (TPSA) is 69.6 Å². The Morgan fingerprint density at radius 3 is 2.03 bits per heavy atom. The third kappa shape index (κ3) is 2.24. The Morgan fingerprint density at radius 2 is 1.40 bits per heavy atom. The fourth-order valence-electron chi connectivity index (χ4n) is 8.33. The normalized spacial score (nSPS) is 43.1. The maximum absolute atomic E-state index is 13.1. The van der Waals surface area contributed by atoms with Crippen molar-refractivity contribution >= 4 is 17.8 Å². The Labute approximate surface area is 176 Å². The fraction of sp³-hybridized carbons (Fsp3) is 0.739. The number of likely N-dealkylation sites (tertiary alicyclic amines) is 1. The van der Waals surface area contributed by atoms with Crippen molar-refractivity contribution in [2.75, 3.05) is 44.2 Å². The maximum Gasteiger partial charge on any atom is 0.233 e. The van der Waals surface area contributed by atoms with Crippen LogP contribution in [0.5, 0.6) is 0 Å². The number of hydrogen-bond acceptors (Lipinski definition) is 6. The third-order valence-corrected chi connectivity index (χ3v) is 9.35. The Balaban J connectivity index is 0.893. The highest BCUT2D eigenvalue weighted by atomic mass is 16.2. The van der Waals surface area contributed by atoms with Crippen LogP contribution in [0, 0.1) is 47.3 Å². The van der Waals surface area contributed by atoms with Gasteiger partial charge in [-0.05, 0) is 67.4 Å². The molecule has 8 rings (SSSR count). The Morgan fingerprint density at radius 1 is 0.800 bits per heavy atom. The lowest BCUT2D eigenvalue weighted by Gasteiger charge is -2.34. The van der Waals surface area contributed by atoms with Gasteiger partial charge in [-0.1, -0.05) is 0 Å². The second-order valence-electron chi connectivity index (χ2n) is 10.3. The van der Waals surface area contributed by atoms with E-state index in [-0.39, 0.29) is 23.7 Å². The van der Waals surface area contributed by atoms with Gasteiger partial charge in [0.15, 0.2) is 0 Å². The lowest BCUT2D eigenvalue weighted by molar-refractivity contribution is -0.141. The number of unbranched alkanes of at least 4 members (excludes halogenated alkanes) is 1. The van der Waals surface area contributed by atoms with Gasteiger partial charge in [-0.25, -0.2) is 9.97 Å². The molecule has 6 unspecified atom stereocenters. The number of rotatable bonds is 6. The van der Waals surface area contributed by atoms with Gasteiger partial charge in [-0.3, -0.25) is 19.4 Å². The highest BCUT2D eigenvalue weighted by Gasteiger charge is 2.83. The molecule has 3 heterocycles. The molecular weight excluding hydrogens is 378 g/mol. The molecule has 0 radical (unpaired) electrons. The van der Waals surface area contributed by atoms with Crippen LogP contribution in [0.2, 0.25) is 0 Å². The summed E-state index contributed by atoms with van der Waals surface area (Å²) in [5.41, 5.74) is 0. The maximum atomic E-state index is 13.1. The second kappa shape index (κ2) is 6.25. The number of nitrogens with zero attached hydrogens (tertiary/aromatic N) is 5. The lowest BCUT2D eigenvalue weighted by Crippen LogP contribution is -2.47. The number of fused-ring (bicyclic) bond motifs is 1. The number of anilines is 1. The minimum Gasteiger partial charge on any atom is -0.338 e. The molecule has 7 nitrogen and oxygen atoms in total. The summed E-state index contributed by atoms with van der Waals surface area (Å²) in [4.78, 5) is 41.2. The Hall–Kier alpha value is -2.02. The first-order valence-corrected chi connectivity index (χ1v) is 11.8. The van der Waals surface area contributed by atoms with Gasteiger partial charge in [0.2, 0.25) is 17.8 Å². The van der Waals surface area contributed by atoms with Gasteiger partial charge in [0.1, 0.15) is 0 Å². The van der Waals surface area contributed by atoms with Gasteiger partial charge in [-0.2, -0.15) is 0 Å². The van der Waals surface area contributed by atoms with Crippen molar-refractivity contribution in [3.05, 3.63) is 18.5 Å². The third-order valence-electron chi connectivity index (χ3n) is 9.35. The molecule has 0 aromatic carbocycles. The molecule has 0 N–H and O–H groups in total. The van der Waals surface area contributed by atoms with Gasteiger partial charge in [0.25, 0.3) is 0 Å². The van der Waals surface area contributed by atoms with E-state index in [4.69, 9.17) is 0 Å². The van der Waals surface area contributed by atoms with Crippen LogP contribution >= 0.6 is 0 Å². The van der Waals surface area contributed by atoms with Gasteiger partial charge in [0, 0.05) is 45.1 Å². The van der Waals surface area contributed by atoms with E-state index in [0.717, 1.165) is 75.2 Å². The number of carbonyl (C=O) groups is 2. The summed E-state index contributed by atoms with van der Waals surface area (Å²) in [7, 11) is 0. The SMILES string of the molecule is O=C1C2C(C(=O)N1CCCCN1CCN(c3ncccn3)CC1)C1C3CC4C(C32)C41. The van der Waals surface area contributed by atoms with Crippen molar-refractivity contribution in [1.82, 2.24) is 19.8 Å². The molecule has 7 fully saturated rings. The van der Waals surface area contributed by atoms with Crippen molar-refractivity contribution in [2.45, 2.75) is 19.3 Å². The van der Waals surface area contributed by atoms with Crippen LogP contribution in [0.25, 0.3) is 0 Å². The molecule has 2 saturated heterocycles.